The van der Waals surface area contributed by atoms with Gasteiger partial charge in [-0.3, -0.25) is 0 Å². The number of nitrogen functional groups attached to an aromatic ring is 1. The monoisotopic (exact) mass is 341 g/mol. The summed E-state index contributed by atoms with van der Waals surface area (Å²) in [6.07, 6.45) is 0. The van der Waals surface area contributed by atoms with Gasteiger partial charge in [-0.05, 0) is 60.7 Å². The van der Waals surface area contributed by atoms with Crippen LogP contribution >= 0.6 is 0 Å². The zero-order chi connectivity index (χ0) is 17.0. The van der Waals surface area contributed by atoms with E-state index in [0.717, 1.165) is 0 Å². The lowest BCUT2D eigenvalue weighted by atomic mass is 10.3. The van der Waals surface area contributed by atoms with Crippen LogP contribution < -0.4 is 14.7 Å². The smallest absolute Gasteiger partial charge is 0.339 e. The highest BCUT2D eigenvalue weighted by Gasteiger charge is 2.15. The fraction of sp³-hybridized carbons (Fsp3) is 0. The number of hydrogen-bond donors (Lipinski definition) is 1. The minimum atomic E-state index is -3.84. The Bertz CT molecular complexity index is 905. The van der Waals surface area contributed by atoms with Crippen LogP contribution in [-0.4, -0.2) is 8.42 Å². The number of anilines is 1. The Morgan fingerprint density at radius 2 is 1.17 bits per heavy atom. The Labute approximate surface area is 140 Å². The van der Waals surface area contributed by atoms with E-state index >= 15 is 0 Å². The minimum Gasteiger partial charge on any atom is -0.457 e. The number of hydrogen-bond acceptors (Lipinski definition) is 5. The fourth-order valence-corrected chi connectivity index (χ4v) is 2.95. The van der Waals surface area contributed by atoms with Gasteiger partial charge in [0, 0.05) is 5.69 Å². The van der Waals surface area contributed by atoms with Gasteiger partial charge in [0.15, 0.2) is 0 Å². The lowest BCUT2D eigenvalue weighted by Crippen LogP contribution is -2.09. The van der Waals surface area contributed by atoms with Crippen molar-refractivity contribution in [3.63, 3.8) is 0 Å². The molecule has 0 aliphatic heterocycles. The first kappa shape index (κ1) is 15.9. The molecule has 3 rings (SSSR count). The summed E-state index contributed by atoms with van der Waals surface area (Å²) in [7, 11) is -3.84. The maximum atomic E-state index is 12.1. The maximum absolute atomic E-state index is 12.1. The van der Waals surface area contributed by atoms with Crippen molar-refractivity contribution in [2.24, 2.45) is 0 Å². The quantitative estimate of drug-likeness (QED) is 0.563. The van der Waals surface area contributed by atoms with Gasteiger partial charge < -0.3 is 14.7 Å². The van der Waals surface area contributed by atoms with Gasteiger partial charge in [0.25, 0.3) is 0 Å². The molecule has 3 aromatic carbocycles. The molecule has 0 atom stereocenters. The van der Waals surface area contributed by atoms with Gasteiger partial charge in [-0.1, -0.05) is 18.2 Å². The molecular weight excluding hydrogens is 326 g/mol. The van der Waals surface area contributed by atoms with Crippen molar-refractivity contribution in [2.75, 3.05) is 5.73 Å². The van der Waals surface area contributed by atoms with Crippen molar-refractivity contribution in [1.82, 2.24) is 0 Å². The molecule has 24 heavy (non-hydrogen) atoms. The first-order valence-electron chi connectivity index (χ1n) is 7.16. The third-order valence-electron chi connectivity index (χ3n) is 3.18. The predicted octanol–water partition coefficient (Wildman–Crippen LogP) is 3.83. The molecule has 0 saturated heterocycles. The van der Waals surface area contributed by atoms with Gasteiger partial charge >= 0.3 is 10.1 Å². The highest BCUT2D eigenvalue weighted by molar-refractivity contribution is 7.87. The second-order valence-corrected chi connectivity index (χ2v) is 6.54. The summed E-state index contributed by atoms with van der Waals surface area (Å²) in [5.41, 5.74) is 6.27. The van der Waals surface area contributed by atoms with Crippen LogP contribution in [-0.2, 0) is 10.1 Å². The molecule has 3 aromatic rings. The largest absolute Gasteiger partial charge is 0.457 e. The minimum absolute atomic E-state index is 0.104. The molecule has 2 N–H and O–H groups in total. The summed E-state index contributed by atoms with van der Waals surface area (Å²) in [6, 6.07) is 21.3. The molecule has 122 valence electrons. The van der Waals surface area contributed by atoms with E-state index < -0.39 is 10.1 Å². The molecular formula is C18H15NO4S. The van der Waals surface area contributed by atoms with E-state index in [1.54, 1.807) is 54.6 Å². The van der Waals surface area contributed by atoms with E-state index in [1.807, 2.05) is 0 Å². The van der Waals surface area contributed by atoms with Gasteiger partial charge in [0.2, 0.25) is 0 Å². The van der Waals surface area contributed by atoms with Crippen LogP contribution in [0.4, 0.5) is 5.69 Å². The molecule has 6 heteroatoms. The Morgan fingerprint density at radius 1 is 0.667 bits per heavy atom. The summed E-state index contributed by atoms with van der Waals surface area (Å²) in [5.74, 6) is 1.41. The van der Waals surface area contributed by atoms with Crippen molar-refractivity contribution >= 4 is 15.8 Å². The lowest BCUT2D eigenvalue weighted by molar-refractivity contribution is 0.474. The summed E-state index contributed by atoms with van der Waals surface area (Å²) in [6.45, 7) is 0. The lowest BCUT2D eigenvalue weighted by Gasteiger charge is -2.09. The van der Waals surface area contributed by atoms with Crippen LogP contribution in [0.15, 0.2) is 83.8 Å². The van der Waals surface area contributed by atoms with Gasteiger partial charge in [-0.2, -0.15) is 8.42 Å². The van der Waals surface area contributed by atoms with Crippen LogP contribution in [0.3, 0.4) is 0 Å². The van der Waals surface area contributed by atoms with Crippen molar-refractivity contribution in [1.29, 1.82) is 0 Å². The van der Waals surface area contributed by atoms with Crippen molar-refractivity contribution in [3.05, 3.63) is 78.9 Å². The Hall–Kier alpha value is -2.99. The summed E-state index contributed by atoms with van der Waals surface area (Å²) in [5, 5.41) is 0. The number of ether oxygens (including phenoxy) is 1. The van der Waals surface area contributed by atoms with Gasteiger partial charge in [0.05, 0.1) is 0 Å². The van der Waals surface area contributed by atoms with Crippen LogP contribution in [0.5, 0.6) is 17.2 Å². The molecule has 0 amide bonds. The highest BCUT2D eigenvalue weighted by Crippen LogP contribution is 2.26. The molecule has 0 fully saturated rings. The average Bonchev–Trinajstić information content (AvgIpc) is 2.59. The number of nitrogens with two attached hydrogens (primary N) is 1. The first-order valence-corrected chi connectivity index (χ1v) is 8.57. The molecule has 0 spiro atoms. The van der Waals surface area contributed by atoms with Crippen LogP contribution in [0, 0.1) is 0 Å². The van der Waals surface area contributed by atoms with E-state index in [0.29, 0.717) is 17.2 Å². The molecule has 0 heterocycles. The Balaban J connectivity index is 1.72. The first-order chi connectivity index (χ1) is 11.5. The standard InChI is InChI=1S/C18H15NO4S/c19-14-6-8-15(9-7-14)22-16-10-12-17(13-11-16)23-24(20,21)18-4-2-1-3-5-18/h1-13H,19H2. The zero-order valence-electron chi connectivity index (χ0n) is 12.6. The average molecular weight is 341 g/mol. The van der Waals surface area contributed by atoms with Gasteiger partial charge in [-0.15, -0.1) is 0 Å². The van der Waals surface area contributed by atoms with E-state index in [-0.39, 0.29) is 10.6 Å². The van der Waals surface area contributed by atoms with Crippen LogP contribution in [0.25, 0.3) is 0 Å². The summed E-state index contributed by atoms with van der Waals surface area (Å²) in [4.78, 5) is 0.104. The van der Waals surface area contributed by atoms with E-state index in [1.165, 1.54) is 24.3 Å². The third kappa shape index (κ3) is 3.85. The van der Waals surface area contributed by atoms with Crippen molar-refractivity contribution < 1.29 is 17.3 Å². The summed E-state index contributed by atoms with van der Waals surface area (Å²) >= 11 is 0. The van der Waals surface area contributed by atoms with Crippen molar-refractivity contribution in [3.8, 4) is 17.2 Å². The molecule has 0 unspecified atom stereocenters. The molecule has 0 aliphatic carbocycles. The molecule has 0 bridgehead atoms. The van der Waals surface area contributed by atoms with Crippen LogP contribution in [0.1, 0.15) is 0 Å². The van der Waals surface area contributed by atoms with Crippen molar-refractivity contribution in [2.45, 2.75) is 4.90 Å². The molecule has 0 radical (unpaired) electrons. The molecule has 0 aromatic heterocycles. The second-order valence-electron chi connectivity index (χ2n) is 4.99. The van der Waals surface area contributed by atoms with E-state index in [9.17, 15) is 8.42 Å². The normalized spacial score (nSPS) is 11.0. The van der Waals surface area contributed by atoms with E-state index in [4.69, 9.17) is 14.7 Å². The van der Waals surface area contributed by atoms with Crippen LogP contribution in [0.2, 0.25) is 0 Å². The van der Waals surface area contributed by atoms with E-state index in [2.05, 4.69) is 0 Å². The molecule has 0 aliphatic rings. The second kappa shape index (κ2) is 6.64. The third-order valence-corrected chi connectivity index (χ3v) is 4.44. The zero-order valence-corrected chi connectivity index (χ0v) is 13.4. The Kier molecular flexibility index (Phi) is 4.39. The van der Waals surface area contributed by atoms with Gasteiger partial charge in [-0.25, -0.2) is 0 Å². The SMILES string of the molecule is Nc1ccc(Oc2ccc(OS(=O)(=O)c3ccccc3)cc2)cc1. The number of rotatable bonds is 5. The predicted molar refractivity (Wildman–Crippen MR) is 91.6 cm³/mol. The number of benzene rings is 3. The topological polar surface area (TPSA) is 78.6 Å². The fourth-order valence-electron chi connectivity index (χ4n) is 2.00. The van der Waals surface area contributed by atoms with Gasteiger partial charge in [0.1, 0.15) is 22.1 Å². The summed E-state index contributed by atoms with van der Waals surface area (Å²) < 4.78 is 35.0. The Morgan fingerprint density at radius 3 is 1.75 bits per heavy atom. The highest BCUT2D eigenvalue weighted by atomic mass is 32.2. The molecule has 5 nitrogen and oxygen atoms in total. The molecule has 0 saturated carbocycles. The maximum Gasteiger partial charge on any atom is 0.339 e.